The quantitative estimate of drug-likeness (QED) is 0.895. The fraction of sp³-hybridized carbons (Fsp3) is 0.300. The highest BCUT2D eigenvalue weighted by molar-refractivity contribution is 5.92. The average Bonchev–Trinajstić information content (AvgIpc) is 2.26. The number of pyridine rings is 1. The highest BCUT2D eigenvalue weighted by atomic mass is 19.4. The van der Waals surface area contributed by atoms with Crippen LogP contribution >= 0.6 is 0 Å². The lowest BCUT2D eigenvalue weighted by atomic mass is 10.3. The molecule has 0 unspecified atom stereocenters. The normalized spacial score (nSPS) is 10.6. The van der Waals surface area contributed by atoms with Crippen molar-refractivity contribution < 1.29 is 22.7 Å². The minimum Gasteiger partial charge on any atom is -0.468 e. The Kier molecular flexibility index (Phi) is 4.48. The van der Waals surface area contributed by atoms with Gasteiger partial charge in [0.2, 0.25) is 11.8 Å². The van der Waals surface area contributed by atoms with Crippen LogP contribution in [-0.2, 0) is 4.79 Å². The highest BCUT2D eigenvalue weighted by Crippen LogP contribution is 2.19. The third-order valence-corrected chi connectivity index (χ3v) is 1.64. The molecule has 1 heterocycles. The molecule has 0 aliphatic heterocycles. The van der Waals surface area contributed by atoms with E-state index in [1.165, 1.54) is 12.3 Å². The average molecular weight is 259 g/mol. The summed E-state index contributed by atoms with van der Waals surface area (Å²) >= 11 is 0. The van der Waals surface area contributed by atoms with Gasteiger partial charge in [-0.2, -0.15) is 18.4 Å². The van der Waals surface area contributed by atoms with Crippen LogP contribution in [-0.4, -0.2) is 23.7 Å². The number of amides is 1. The van der Waals surface area contributed by atoms with Crippen LogP contribution in [0, 0.1) is 11.3 Å². The fourth-order valence-corrected chi connectivity index (χ4v) is 0.999. The molecule has 5 nitrogen and oxygen atoms in total. The molecule has 96 valence electrons. The number of nitrogens with one attached hydrogen (secondary N) is 1. The van der Waals surface area contributed by atoms with Crippen molar-refractivity contribution in [3.8, 4) is 11.9 Å². The number of carbonyl (C=O) groups excluding carboxylic acids is 1. The second-order valence-electron chi connectivity index (χ2n) is 3.17. The van der Waals surface area contributed by atoms with Crippen molar-refractivity contribution in [1.29, 1.82) is 5.26 Å². The molecule has 0 aliphatic carbocycles. The van der Waals surface area contributed by atoms with E-state index in [-0.39, 0.29) is 18.0 Å². The van der Waals surface area contributed by atoms with Crippen molar-refractivity contribution in [2.24, 2.45) is 0 Å². The van der Waals surface area contributed by atoms with Crippen LogP contribution in [0.15, 0.2) is 18.3 Å². The molecule has 0 spiro atoms. The lowest BCUT2D eigenvalue weighted by Crippen LogP contribution is -2.19. The Hall–Kier alpha value is -2.30. The molecule has 0 atom stereocenters. The summed E-state index contributed by atoms with van der Waals surface area (Å²) in [7, 11) is 0. The minimum atomic E-state index is -4.46. The molecule has 1 rings (SSSR count). The second-order valence-corrected chi connectivity index (χ2v) is 3.17. The van der Waals surface area contributed by atoms with Crippen LogP contribution in [0.1, 0.15) is 6.42 Å². The Morgan fingerprint density at radius 1 is 1.56 bits per heavy atom. The number of carbonyl (C=O) groups is 1. The number of alkyl halides is 3. The Balaban J connectivity index is 2.63. The van der Waals surface area contributed by atoms with Gasteiger partial charge in [-0.05, 0) is 6.07 Å². The number of rotatable bonds is 4. The van der Waals surface area contributed by atoms with E-state index in [1.54, 1.807) is 6.07 Å². The molecule has 18 heavy (non-hydrogen) atoms. The molecule has 8 heteroatoms. The van der Waals surface area contributed by atoms with E-state index in [0.29, 0.717) is 0 Å². The standard InChI is InChI=1S/C10H8F3N3O2/c11-10(12,13)6-18-9-5-7(2-4-15-9)16-8(17)1-3-14/h2,4-5H,1,6H2,(H,15,16,17). The van der Waals surface area contributed by atoms with Crippen molar-refractivity contribution >= 4 is 11.6 Å². The van der Waals surface area contributed by atoms with Crippen LogP contribution in [0.3, 0.4) is 0 Å². The number of ether oxygens (including phenoxy) is 1. The molecule has 0 fully saturated rings. The van der Waals surface area contributed by atoms with Gasteiger partial charge in [0.25, 0.3) is 0 Å². The van der Waals surface area contributed by atoms with E-state index in [2.05, 4.69) is 15.0 Å². The van der Waals surface area contributed by atoms with E-state index < -0.39 is 18.7 Å². The third kappa shape index (κ3) is 5.16. The number of halogens is 3. The van der Waals surface area contributed by atoms with Crippen LogP contribution in [0.5, 0.6) is 5.88 Å². The zero-order valence-electron chi connectivity index (χ0n) is 8.99. The van der Waals surface area contributed by atoms with Crippen molar-refractivity contribution in [3.05, 3.63) is 18.3 Å². The second kappa shape index (κ2) is 5.86. The summed E-state index contributed by atoms with van der Waals surface area (Å²) in [5, 5.41) is 10.6. The van der Waals surface area contributed by atoms with Gasteiger partial charge in [0.05, 0.1) is 6.07 Å². The van der Waals surface area contributed by atoms with Gasteiger partial charge in [0.1, 0.15) is 6.42 Å². The monoisotopic (exact) mass is 259 g/mol. The smallest absolute Gasteiger partial charge is 0.422 e. The molecule has 0 radical (unpaired) electrons. The molecule has 0 saturated carbocycles. The van der Waals surface area contributed by atoms with Gasteiger partial charge in [0, 0.05) is 18.0 Å². The number of nitrogens with zero attached hydrogens (tertiary/aromatic N) is 2. The first-order valence-electron chi connectivity index (χ1n) is 4.73. The van der Waals surface area contributed by atoms with Crippen molar-refractivity contribution in [1.82, 2.24) is 4.98 Å². The maximum absolute atomic E-state index is 11.9. The van der Waals surface area contributed by atoms with Crippen LogP contribution in [0.2, 0.25) is 0 Å². The van der Waals surface area contributed by atoms with Gasteiger partial charge in [0.15, 0.2) is 6.61 Å². The van der Waals surface area contributed by atoms with E-state index in [1.807, 2.05) is 0 Å². The Bertz CT molecular complexity index is 468. The predicted molar refractivity (Wildman–Crippen MR) is 54.6 cm³/mol. The first-order chi connectivity index (χ1) is 8.40. The number of hydrogen-bond acceptors (Lipinski definition) is 4. The fourth-order valence-electron chi connectivity index (χ4n) is 0.999. The summed E-state index contributed by atoms with van der Waals surface area (Å²) in [6.07, 6.45) is -3.61. The first kappa shape index (κ1) is 13.8. The summed E-state index contributed by atoms with van der Waals surface area (Å²) in [6.45, 7) is -1.46. The topological polar surface area (TPSA) is 75.0 Å². The summed E-state index contributed by atoms with van der Waals surface area (Å²) in [6, 6.07) is 4.15. The molecule has 1 aromatic rings. The lowest BCUT2D eigenvalue weighted by Gasteiger charge is -2.09. The molecule has 0 bridgehead atoms. The molecular formula is C10H8F3N3O2. The van der Waals surface area contributed by atoms with E-state index >= 15 is 0 Å². The van der Waals surface area contributed by atoms with Crippen LogP contribution in [0.25, 0.3) is 0 Å². The summed E-state index contributed by atoms with van der Waals surface area (Å²) in [5.41, 5.74) is 0.211. The maximum atomic E-state index is 11.9. The number of hydrogen-bond donors (Lipinski definition) is 1. The SMILES string of the molecule is N#CCC(=O)Nc1ccnc(OCC(F)(F)F)c1. The third-order valence-electron chi connectivity index (χ3n) is 1.64. The van der Waals surface area contributed by atoms with Gasteiger partial charge < -0.3 is 10.1 Å². The number of aromatic nitrogens is 1. The largest absolute Gasteiger partial charge is 0.468 e. The zero-order valence-corrected chi connectivity index (χ0v) is 8.99. The van der Waals surface area contributed by atoms with Gasteiger partial charge in [-0.25, -0.2) is 4.98 Å². The summed E-state index contributed by atoms with van der Waals surface area (Å²) in [5.74, 6) is -0.826. The van der Waals surface area contributed by atoms with Crippen LogP contribution < -0.4 is 10.1 Å². The molecule has 1 aromatic heterocycles. The van der Waals surface area contributed by atoms with Crippen molar-refractivity contribution in [2.75, 3.05) is 11.9 Å². The van der Waals surface area contributed by atoms with Gasteiger partial charge in [-0.15, -0.1) is 0 Å². The molecule has 1 N–H and O–H groups in total. The molecule has 1 amide bonds. The minimum absolute atomic E-state index is 0.211. The molecular weight excluding hydrogens is 251 g/mol. The predicted octanol–water partition coefficient (Wildman–Crippen LogP) is 1.87. The molecule has 0 aromatic carbocycles. The van der Waals surface area contributed by atoms with Crippen molar-refractivity contribution in [3.63, 3.8) is 0 Å². The molecule has 0 aliphatic rings. The van der Waals surface area contributed by atoms with E-state index in [9.17, 15) is 18.0 Å². The van der Waals surface area contributed by atoms with E-state index in [4.69, 9.17) is 5.26 Å². The number of anilines is 1. The Morgan fingerprint density at radius 3 is 2.89 bits per heavy atom. The van der Waals surface area contributed by atoms with Crippen LogP contribution in [0.4, 0.5) is 18.9 Å². The maximum Gasteiger partial charge on any atom is 0.422 e. The Labute approximate surface area is 100 Å². The van der Waals surface area contributed by atoms with Gasteiger partial charge >= 0.3 is 6.18 Å². The van der Waals surface area contributed by atoms with Crippen molar-refractivity contribution in [2.45, 2.75) is 12.6 Å². The highest BCUT2D eigenvalue weighted by Gasteiger charge is 2.28. The Morgan fingerprint density at radius 2 is 2.28 bits per heavy atom. The van der Waals surface area contributed by atoms with Gasteiger partial charge in [-0.3, -0.25) is 4.79 Å². The molecule has 0 saturated heterocycles. The lowest BCUT2D eigenvalue weighted by molar-refractivity contribution is -0.154. The zero-order chi connectivity index (χ0) is 13.6. The number of nitriles is 1. The first-order valence-corrected chi connectivity index (χ1v) is 4.73. The van der Waals surface area contributed by atoms with Gasteiger partial charge in [-0.1, -0.05) is 0 Å². The summed E-state index contributed by atoms with van der Waals surface area (Å²) in [4.78, 5) is 14.6. The van der Waals surface area contributed by atoms with E-state index in [0.717, 1.165) is 6.07 Å². The summed E-state index contributed by atoms with van der Waals surface area (Å²) < 4.78 is 40.1.